The Morgan fingerprint density at radius 2 is 2.43 bits per heavy atom. The molecule has 1 aliphatic heterocycles. The van der Waals surface area contributed by atoms with Crippen molar-refractivity contribution < 1.29 is 9.32 Å². The predicted octanol–water partition coefficient (Wildman–Crippen LogP) is 1.22. The second kappa shape index (κ2) is 6.91. The van der Waals surface area contributed by atoms with E-state index in [4.69, 9.17) is 10.3 Å². The second-order valence-electron chi connectivity index (χ2n) is 6.00. The molecule has 3 N–H and O–H groups in total. The highest BCUT2D eigenvalue weighted by atomic mass is 16.5. The number of aromatic amines is 1. The predicted molar refractivity (Wildman–Crippen MR) is 82.7 cm³/mol. The van der Waals surface area contributed by atoms with Crippen LogP contribution in [0.15, 0.2) is 10.6 Å². The van der Waals surface area contributed by atoms with E-state index in [0.717, 1.165) is 50.3 Å². The maximum atomic E-state index is 11.2. The molecule has 0 unspecified atom stereocenters. The number of carbonyl (C=O) groups excluding carboxylic acids is 1. The lowest BCUT2D eigenvalue weighted by Gasteiger charge is -2.31. The Morgan fingerprint density at radius 3 is 3.17 bits per heavy atom. The van der Waals surface area contributed by atoms with Crippen LogP contribution in [-0.2, 0) is 13.0 Å². The first-order valence-electron chi connectivity index (χ1n) is 8.04. The molecule has 8 nitrogen and oxygen atoms in total. The molecule has 3 heterocycles. The van der Waals surface area contributed by atoms with Gasteiger partial charge in [0, 0.05) is 24.6 Å². The van der Waals surface area contributed by atoms with Crippen LogP contribution in [0.1, 0.15) is 60.0 Å². The summed E-state index contributed by atoms with van der Waals surface area (Å²) >= 11 is 0. The van der Waals surface area contributed by atoms with Crippen LogP contribution in [0, 0.1) is 0 Å². The normalized spacial score (nSPS) is 19.1. The second-order valence-corrected chi connectivity index (χ2v) is 6.00. The van der Waals surface area contributed by atoms with Gasteiger partial charge in [-0.2, -0.15) is 10.1 Å². The van der Waals surface area contributed by atoms with Gasteiger partial charge in [0.2, 0.25) is 5.89 Å². The van der Waals surface area contributed by atoms with Crippen LogP contribution >= 0.6 is 0 Å². The molecule has 0 radical (unpaired) electrons. The van der Waals surface area contributed by atoms with Crippen LogP contribution < -0.4 is 5.73 Å². The van der Waals surface area contributed by atoms with E-state index in [1.165, 1.54) is 0 Å². The molecular weight excluding hydrogens is 296 g/mol. The van der Waals surface area contributed by atoms with Gasteiger partial charge in [0.15, 0.2) is 5.82 Å². The van der Waals surface area contributed by atoms with Crippen LogP contribution in [0.2, 0.25) is 0 Å². The lowest BCUT2D eigenvalue weighted by Crippen LogP contribution is -2.34. The fraction of sp³-hybridized carbons (Fsp3) is 0.600. The Morgan fingerprint density at radius 1 is 1.57 bits per heavy atom. The molecular formula is C15H22N6O2. The number of aromatic nitrogens is 4. The van der Waals surface area contributed by atoms with Crippen molar-refractivity contribution in [2.45, 2.75) is 45.1 Å². The summed E-state index contributed by atoms with van der Waals surface area (Å²) in [6.07, 6.45) is 3.95. The molecule has 0 saturated carbocycles. The smallest absolute Gasteiger partial charge is 0.269 e. The molecule has 1 amide bonds. The van der Waals surface area contributed by atoms with Gasteiger partial charge in [0.1, 0.15) is 5.69 Å². The zero-order valence-electron chi connectivity index (χ0n) is 13.3. The van der Waals surface area contributed by atoms with E-state index in [0.29, 0.717) is 24.0 Å². The molecule has 1 saturated heterocycles. The van der Waals surface area contributed by atoms with Gasteiger partial charge in [0.25, 0.3) is 5.91 Å². The first-order chi connectivity index (χ1) is 11.2. The molecule has 1 atom stereocenters. The van der Waals surface area contributed by atoms with E-state index in [1.54, 1.807) is 6.07 Å². The molecule has 2 aromatic heterocycles. The average molecular weight is 318 g/mol. The van der Waals surface area contributed by atoms with Crippen molar-refractivity contribution in [1.82, 2.24) is 25.2 Å². The van der Waals surface area contributed by atoms with Crippen molar-refractivity contribution >= 4 is 5.91 Å². The van der Waals surface area contributed by atoms with Crippen molar-refractivity contribution in [2.75, 3.05) is 13.1 Å². The molecule has 1 fully saturated rings. The average Bonchev–Trinajstić information content (AvgIpc) is 3.17. The number of nitrogens with one attached hydrogen (secondary N) is 1. The Balaban J connectivity index is 1.61. The molecule has 0 aromatic carbocycles. The Hall–Kier alpha value is -2.22. The fourth-order valence-corrected chi connectivity index (χ4v) is 2.99. The van der Waals surface area contributed by atoms with Gasteiger partial charge in [-0.25, -0.2) is 0 Å². The molecule has 1 aliphatic rings. The van der Waals surface area contributed by atoms with Gasteiger partial charge in [-0.3, -0.25) is 14.8 Å². The highest BCUT2D eigenvalue weighted by molar-refractivity contribution is 5.90. The van der Waals surface area contributed by atoms with Crippen molar-refractivity contribution in [3.63, 3.8) is 0 Å². The molecule has 23 heavy (non-hydrogen) atoms. The van der Waals surface area contributed by atoms with Gasteiger partial charge in [0.05, 0.1) is 6.54 Å². The number of amides is 1. The van der Waals surface area contributed by atoms with Crippen LogP contribution in [0.3, 0.4) is 0 Å². The summed E-state index contributed by atoms with van der Waals surface area (Å²) in [6.45, 7) is 4.65. The van der Waals surface area contributed by atoms with E-state index >= 15 is 0 Å². The maximum Gasteiger partial charge on any atom is 0.269 e. The number of H-pyrrole nitrogens is 1. The van der Waals surface area contributed by atoms with E-state index in [-0.39, 0.29) is 0 Å². The van der Waals surface area contributed by atoms with E-state index in [2.05, 4.69) is 32.2 Å². The molecule has 124 valence electrons. The van der Waals surface area contributed by atoms with Gasteiger partial charge in [-0.1, -0.05) is 12.1 Å². The third-order valence-electron chi connectivity index (χ3n) is 4.13. The number of primary amides is 1. The van der Waals surface area contributed by atoms with E-state index < -0.39 is 5.91 Å². The number of piperidine rings is 1. The maximum absolute atomic E-state index is 11.2. The summed E-state index contributed by atoms with van der Waals surface area (Å²) in [5.74, 6) is 1.24. The standard InChI is InChI=1S/C15H22N6O2/c1-2-4-14-17-13(20-23-14)9-21-6-3-5-10(8-21)11-7-12(15(16)22)19-18-11/h7,10H,2-6,8-9H2,1H3,(H2,16,22)(H,18,19)/t10-/m0/s1. The van der Waals surface area contributed by atoms with Crippen molar-refractivity contribution in [3.8, 4) is 0 Å². The minimum atomic E-state index is -0.504. The van der Waals surface area contributed by atoms with E-state index in [9.17, 15) is 4.79 Å². The first kappa shape index (κ1) is 15.7. The summed E-state index contributed by atoms with van der Waals surface area (Å²) in [6, 6.07) is 1.75. The Kier molecular flexibility index (Phi) is 4.71. The lowest BCUT2D eigenvalue weighted by molar-refractivity contribution is 0.0995. The number of nitrogens with zero attached hydrogens (tertiary/aromatic N) is 4. The highest BCUT2D eigenvalue weighted by Crippen LogP contribution is 2.26. The molecule has 3 rings (SSSR count). The highest BCUT2D eigenvalue weighted by Gasteiger charge is 2.24. The van der Waals surface area contributed by atoms with Gasteiger partial charge < -0.3 is 10.3 Å². The molecule has 0 spiro atoms. The Bertz CT molecular complexity index is 664. The molecule has 2 aromatic rings. The van der Waals surface area contributed by atoms with Crippen LogP contribution in [0.25, 0.3) is 0 Å². The quantitative estimate of drug-likeness (QED) is 0.828. The number of likely N-dealkylation sites (tertiary alicyclic amines) is 1. The monoisotopic (exact) mass is 318 g/mol. The number of aryl methyl sites for hydroxylation is 1. The largest absolute Gasteiger partial charge is 0.364 e. The number of nitrogens with two attached hydrogens (primary N) is 1. The third kappa shape index (κ3) is 3.76. The minimum absolute atomic E-state index is 0.291. The van der Waals surface area contributed by atoms with Crippen LogP contribution in [0.4, 0.5) is 0 Å². The van der Waals surface area contributed by atoms with Crippen LogP contribution in [-0.4, -0.2) is 44.2 Å². The Labute approximate surface area is 134 Å². The molecule has 0 bridgehead atoms. The van der Waals surface area contributed by atoms with Crippen molar-refractivity contribution in [3.05, 3.63) is 29.2 Å². The van der Waals surface area contributed by atoms with Gasteiger partial charge in [-0.15, -0.1) is 0 Å². The van der Waals surface area contributed by atoms with Gasteiger partial charge in [-0.05, 0) is 31.9 Å². The zero-order valence-corrected chi connectivity index (χ0v) is 13.3. The van der Waals surface area contributed by atoms with Crippen molar-refractivity contribution in [2.24, 2.45) is 5.73 Å². The number of hydrogen-bond donors (Lipinski definition) is 2. The zero-order chi connectivity index (χ0) is 16.2. The summed E-state index contributed by atoms with van der Waals surface area (Å²) in [7, 11) is 0. The first-order valence-corrected chi connectivity index (χ1v) is 8.04. The lowest BCUT2D eigenvalue weighted by atomic mass is 9.94. The number of rotatable bonds is 6. The molecule has 8 heteroatoms. The minimum Gasteiger partial charge on any atom is -0.364 e. The number of hydrogen-bond acceptors (Lipinski definition) is 6. The summed E-state index contributed by atoms with van der Waals surface area (Å²) in [5.41, 5.74) is 6.51. The third-order valence-corrected chi connectivity index (χ3v) is 4.13. The summed E-state index contributed by atoms with van der Waals surface area (Å²) in [5, 5.41) is 10.9. The van der Waals surface area contributed by atoms with Crippen LogP contribution in [0.5, 0.6) is 0 Å². The topological polar surface area (TPSA) is 114 Å². The van der Waals surface area contributed by atoms with Gasteiger partial charge >= 0.3 is 0 Å². The molecule has 0 aliphatic carbocycles. The number of carbonyl (C=O) groups is 1. The van der Waals surface area contributed by atoms with E-state index in [1.807, 2.05) is 0 Å². The fourth-order valence-electron chi connectivity index (χ4n) is 2.99. The summed E-state index contributed by atoms with van der Waals surface area (Å²) < 4.78 is 5.23. The van der Waals surface area contributed by atoms with Crippen molar-refractivity contribution in [1.29, 1.82) is 0 Å². The SMILES string of the molecule is CCCc1nc(CN2CCC[C@H](c3cc(C(N)=O)n[nH]3)C2)no1. The summed E-state index contributed by atoms with van der Waals surface area (Å²) in [4.78, 5) is 17.9.